The van der Waals surface area contributed by atoms with Crippen LogP contribution >= 0.6 is 0 Å². The SMILES string of the molecule is C[CH]CCCOS(=O)(=O)c1ccc(C)cc1. The second kappa shape index (κ2) is 6.01. The highest BCUT2D eigenvalue weighted by molar-refractivity contribution is 7.86. The van der Waals surface area contributed by atoms with Crippen molar-refractivity contribution in [3.63, 3.8) is 0 Å². The molecule has 1 aromatic carbocycles. The molecule has 0 aliphatic carbocycles. The van der Waals surface area contributed by atoms with Crippen LogP contribution in [0.2, 0.25) is 0 Å². The number of aryl methyl sites for hydroxylation is 1. The van der Waals surface area contributed by atoms with Crippen LogP contribution in [0.25, 0.3) is 0 Å². The van der Waals surface area contributed by atoms with Gasteiger partial charge < -0.3 is 0 Å². The lowest BCUT2D eigenvalue weighted by Gasteiger charge is -2.05. The van der Waals surface area contributed by atoms with E-state index in [0.717, 1.165) is 18.4 Å². The summed E-state index contributed by atoms with van der Waals surface area (Å²) in [6.07, 6.45) is 3.58. The second-order valence-electron chi connectivity index (χ2n) is 3.64. The largest absolute Gasteiger partial charge is 0.296 e. The molecule has 89 valence electrons. The molecule has 16 heavy (non-hydrogen) atoms. The zero-order valence-electron chi connectivity index (χ0n) is 9.64. The molecule has 0 fully saturated rings. The average molecular weight is 241 g/mol. The third-order valence-electron chi connectivity index (χ3n) is 2.19. The van der Waals surface area contributed by atoms with E-state index in [4.69, 9.17) is 4.18 Å². The van der Waals surface area contributed by atoms with Gasteiger partial charge in [-0.15, -0.1) is 0 Å². The van der Waals surface area contributed by atoms with Gasteiger partial charge in [0.2, 0.25) is 0 Å². The summed E-state index contributed by atoms with van der Waals surface area (Å²) in [5.74, 6) is 0. The molecule has 1 aromatic rings. The fourth-order valence-corrected chi connectivity index (χ4v) is 2.17. The van der Waals surface area contributed by atoms with Gasteiger partial charge in [0, 0.05) is 0 Å². The Bertz CT molecular complexity index is 406. The summed E-state index contributed by atoms with van der Waals surface area (Å²) in [5, 5.41) is 0. The molecule has 1 rings (SSSR count). The average Bonchev–Trinajstić information content (AvgIpc) is 2.25. The number of unbranched alkanes of at least 4 members (excludes halogenated alkanes) is 2. The molecule has 0 saturated carbocycles. The van der Waals surface area contributed by atoms with Crippen molar-refractivity contribution in [2.75, 3.05) is 6.61 Å². The summed E-state index contributed by atoms with van der Waals surface area (Å²) < 4.78 is 28.3. The normalized spacial score (nSPS) is 11.6. The van der Waals surface area contributed by atoms with Gasteiger partial charge in [-0.1, -0.05) is 24.6 Å². The highest BCUT2D eigenvalue weighted by atomic mass is 32.2. The molecule has 0 amide bonds. The van der Waals surface area contributed by atoms with Crippen molar-refractivity contribution in [3.05, 3.63) is 36.2 Å². The Labute approximate surface area is 97.6 Å². The van der Waals surface area contributed by atoms with Crippen molar-refractivity contribution in [2.45, 2.75) is 31.6 Å². The number of rotatable bonds is 6. The molecule has 1 radical (unpaired) electrons. The lowest BCUT2D eigenvalue weighted by Crippen LogP contribution is -2.07. The van der Waals surface area contributed by atoms with Gasteiger partial charge in [-0.3, -0.25) is 4.18 Å². The highest BCUT2D eigenvalue weighted by Gasteiger charge is 2.13. The first-order valence-electron chi connectivity index (χ1n) is 5.30. The van der Waals surface area contributed by atoms with Crippen LogP contribution in [0, 0.1) is 13.3 Å². The molecule has 0 aromatic heterocycles. The maximum Gasteiger partial charge on any atom is 0.296 e. The number of hydrogen-bond donors (Lipinski definition) is 0. The number of hydrogen-bond acceptors (Lipinski definition) is 3. The van der Waals surface area contributed by atoms with Crippen LogP contribution in [0.5, 0.6) is 0 Å². The van der Waals surface area contributed by atoms with Gasteiger partial charge >= 0.3 is 0 Å². The first-order chi connectivity index (χ1) is 7.56. The monoisotopic (exact) mass is 241 g/mol. The smallest absolute Gasteiger partial charge is 0.266 e. The molecule has 4 heteroatoms. The third-order valence-corrected chi connectivity index (χ3v) is 3.51. The van der Waals surface area contributed by atoms with Gasteiger partial charge in [-0.2, -0.15) is 8.42 Å². The minimum absolute atomic E-state index is 0.221. The minimum atomic E-state index is -3.57. The first kappa shape index (κ1) is 13.2. The van der Waals surface area contributed by atoms with Crippen molar-refractivity contribution in [1.29, 1.82) is 0 Å². The van der Waals surface area contributed by atoms with Gasteiger partial charge in [0.1, 0.15) is 0 Å². The van der Waals surface area contributed by atoms with Crippen LogP contribution < -0.4 is 0 Å². The topological polar surface area (TPSA) is 43.4 Å². The molecule has 3 nitrogen and oxygen atoms in total. The molecule has 0 atom stereocenters. The van der Waals surface area contributed by atoms with E-state index in [1.54, 1.807) is 24.3 Å². The Morgan fingerprint density at radius 1 is 1.25 bits per heavy atom. The van der Waals surface area contributed by atoms with Gasteiger partial charge in [-0.25, -0.2) is 0 Å². The molecule has 0 bridgehead atoms. The van der Waals surface area contributed by atoms with E-state index in [9.17, 15) is 8.42 Å². The summed E-state index contributed by atoms with van der Waals surface area (Å²) in [6.45, 7) is 4.09. The Morgan fingerprint density at radius 2 is 1.88 bits per heavy atom. The van der Waals surface area contributed by atoms with Crippen molar-refractivity contribution < 1.29 is 12.6 Å². The Morgan fingerprint density at radius 3 is 2.44 bits per heavy atom. The van der Waals surface area contributed by atoms with E-state index in [1.165, 1.54) is 0 Å². The van der Waals surface area contributed by atoms with E-state index in [0.29, 0.717) is 0 Å². The van der Waals surface area contributed by atoms with E-state index in [2.05, 4.69) is 0 Å². The summed E-state index contributed by atoms with van der Waals surface area (Å²) in [5.41, 5.74) is 1.03. The van der Waals surface area contributed by atoms with Crippen LogP contribution in [0.15, 0.2) is 29.2 Å². The maximum atomic E-state index is 11.7. The molecule has 0 spiro atoms. The fourth-order valence-electron chi connectivity index (χ4n) is 1.23. The molecular weight excluding hydrogens is 224 g/mol. The Hall–Kier alpha value is -0.870. The van der Waals surface area contributed by atoms with Gasteiger partial charge in [0.05, 0.1) is 11.5 Å². The zero-order valence-corrected chi connectivity index (χ0v) is 10.5. The zero-order chi connectivity index (χ0) is 12.0. The van der Waals surface area contributed by atoms with Gasteiger partial charge in [-0.05, 0) is 38.3 Å². The van der Waals surface area contributed by atoms with E-state index >= 15 is 0 Å². The fraction of sp³-hybridized carbons (Fsp3) is 0.417. The molecule has 0 unspecified atom stereocenters. The van der Waals surface area contributed by atoms with Crippen LogP contribution in [-0.4, -0.2) is 15.0 Å². The third kappa shape index (κ3) is 3.94. The maximum absolute atomic E-state index is 11.7. The molecule has 0 aliphatic heterocycles. The van der Waals surface area contributed by atoms with Crippen molar-refractivity contribution in [2.24, 2.45) is 0 Å². The Balaban J connectivity index is 2.60. The van der Waals surface area contributed by atoms with Crippen LogP contribution in [0.1, 0.15) is 25.3 Å². The lowest BCUT2D eigenvalue weighted by atomic mass is 10.2. The predicted molar refractivity (Wildman–Crippen MR) is 63.5 cm³/mol. The van der Waals surface area contributed by atoms with E-state index in [-0.39, 0.29) is 11.5 Å². The van der Waals surface area contributed by atoms with Gasteiger partial charge in [0.15, 0.2) is 0 Å². The van der Waals surface area contributed by atoms with Gasteiger partial charge in [0.25, 0.3) is 10.1 Å². The van der Waals surface area contributed by atoms with E-state index < -0.39 is 10.1 Å². The summed E-state index contributed by atoms with van der Waals surface area (Å²) in [4.78, 5) is 0.221. The van der Waals surface area contributed by atoms with E-state index in [1.807, 2.05) is 20.3 Å². The summed E-state index contributed by atoms with van der Waals surface area (Å²) in [7, 11) is -3.57. The quantitative estimate of drug-likeness (QED) is 0.568. The highest BCUT2D eigenvalue weighted by Crippen LogP contribution is 2.13. The predicted octanol–water partition coefficient (Wildman–Crippen LogP) is 2.70. The second-order valence-corrected chi connectivity index (χ2v) is 5.25. The van der Waals surface area contributed by atoms with Crippen LogP contribution in [0.3, 0.4) is 0 Å². The standard InChI is InChI=1S/C12H17O3S/c1-3-4-5-10-15-16(13,14)12-8-6-11(2)7-9-12/h3,6-9H,4-5,10H2,1-2H3. The van der Waals surface area contributed by atoms with Crippen molar-refractivity contribution in [3.8, 4) is 0 Å². The number of benzene rings is 1. The van der Waals surface area contributed by atoms with Crippen molar-refractivity contribution >= 4 is 10.1 Å². The minimum Gasteiger partial charge on any atom is -0.266 e. The molecule has 0 saturated heterocycles. The lowest BCUT2D eigenvalue weighted by molar-refractivity contribution is 0.312. The molecule has 0 heterocycles. The van der Waals surface area contributed by atoms with Crippen molar-refractivity contribution in [1.82, 2.24) is 0 Å². The Kier molecular flexibility index (Phi) is 4.96. The summed E-state index contributed by atoms with van der Waals surface area (Å²) >= 11 is 0. The molecule has 0 aliphatic rings. The van der Waals surface area contributed by atoms with Crippen LogP contribution in [0.4, 0.5) is 0 Å². The molecule has 0 N–H and O–H groups in total. The van der Waals surface area contributed by atoms with Crippen LogP contribution in [-0.2, 0) is 14.3 Å². The first-order valence-corrected chi connectivity index (χ1v) is 6.71. The molecular formula is C12H17O3S. The summed E-state index contributed by atoms with van der Waals surface area (Å²) in [6, 6.07) is 6.65.